The molecule has 1 aromatic heterocycles. The minimum atomic E-state index is -0.294. The summed E-state index contributed by atoms with van der Waals surface area (Å²) in [6, 6.07) is 18.5. The number of anilines is 3. The van der Waals surface area contributed by atoms with Crippen molar-refractivity contribution in [1.82, 2.24) is 10.2 Å². The molecule has 6 heteroatoms. The number of aromatic nitrogens is 2. The summed E-state index contributed by atoms with van der Waals surface area (Å²) in [5.41, 5.74) is 3.06. The highest BCUT2D eigenvalue weighted by atomic mass is 16.5. The number of rotatable bonds is 6. The molecule has 1 amide bonds. The standard InChI is InChI=1S/C20H20N4O2/c1-3-14-4-6-16(7-5-14)22-20(25)18-12-13-19(24-23-18)21-15-8-10-17(26-2)11-9-15/h4-13H,3H2,1-2H3,(H,21,24)(H,22,25). The second kappa shape index (κ2) is 8.11. The summed E-state index contributed by atoms with van der Waals surface area (Å²) in [5.74, 6) is 1.04. The monoisotopic (exact) mass is 348 g/mol. The summed E-state index contributed by atoms with van der Waals surface area (Å²) in [5, 5.41) is 14.0. The Morgan fingerprint density at radius 1 is 0.923 bits per heavy atom. The molecule has 0 fully saturated rings. The fourth-order valence-corrected chi connectivity index (χ4v) is 2.36. The van der Waals surface area contributed by atoms with Crippen molar-refractivity contribution in [3.05, 3.63) is 71.9 Å². The van der Waals surface area contributed by atoms with Crippen LogP contribution in [0.4, 0.5) is 17.2 Å². The molecule has 0 bridgehead atoms. The highest BCUT2D eigenvalue weighted by Gasteiger charge is 2.09. The molecule has 1 heterocycles. The molecule has 0 saturated heterocycles. The molecule has 0 unspecified atom stereocenters. The van der Waals surface area contributed by atoms with Gasteiger partial charge in [-0.25, -0.2) is 0 Å². The molecule has 0 atom stereocenters. The van der Waals surface area contributed by atoms with Crippen molar-refractivity contribution in [1.29, 1.82) is 0 Å². The molecule has 2 N–H and O–H groups in total. The maximum Gasteiger partial charge on any atom is 0.276 e. The third-order valence-electron chi connectivity index (χ3n) is 3.88. The van der Waals surface area contributed by atoms with Crippen LogP contribution in [-0.4, -0.2) is 23.2 Å². The van der Waals surface area contributed by atoms with Crippen molar-refractivity contribution in [2.24, 2.45) is 0 Å². The zero-order chi connectivity index (χ0) is 18.4. The topological polar surface area (TPSA) is 76.1 Å². The Labute approximate surface area is 152 Å². The number of methoxy groups -OCH3 is 1. The van der Waals surface area contributed by atoms with Gasteiger partial charge in [0, 0.05) is 11.4 Å². The summed E-state index contributed by atoms with van der Waals surface area (Å²) >= 11 is 0. The summed E-state index contributed by atoms with van der Waals surface area (Å²) in [4.78, 5) is 12.3. The number of carbonyl (C=O) groups is 1. The molecule has 0 aliphatic rings. The van der Waals surface area contributed by atoms with Crippen LogP contribution < -0.4 is 15.4 Å². The first-order valence-electron chi connectivity index (χ1n) is 8.33. The van der Waals surface area contributed by atoms with Crippen molar-refractivity contribution in [3.8, 4) is 5.75 Å². The van der Waals surface area contributed by atoms with Gasteiger partial charge in [-0.2, -0.15) is 0 Å². The van der Waals surface area contributed by atoms with Gasteiger partial charge < -0.3 is 15.4 Å². The number of amides is 1. The lowest BCUT2D eigenvalue weighted by atomic mass is 10.1. The second-order valence-electron chi connectivity index (χ2n) is 5.66. The van der Waals surface area contributed by atoms with Gasteiger partial charge in [0.15, 0.2) is 11.5 Å². The van der Waals surface area contributed by atoms with E-state index in [1.807, 2.05) is 48.5 Å². The van der Waals surface area contributed by atoms with E-state index < -0.39 is 0 Å². The van der Waals surface area contributed by atoms with E-state index in [1.165, 1.54) is 5.56 Å². The molecule has 2 aromatic carbocycles. The number of hydrogen-bond donors (Lipinski definition) is 2. The molecule has 132 valence electrons. The van der Waals surface area contributed by atoms with Gasteiger partial charge >= 0.3 is 0 Å². The van der Waals surface area contributed by atoms with Gasteiger partial charge in [-0.3, -0.25) is 4.79 Å². The van der Waals surface area contributed by atoms with Crippen LogP contribution in [0.3, 0.4) is 0 Å². The minimum Gasteiger partial charge on any atom is -0.497 e. The van der Waals surface area contributed by atoms with Crippen molar-refractivity contribution >= 4 is 23.1 Å². The number of carbonyl (C=O) groups excluding carboxylic acids is 1. The van der Waals surface area contributed by atoms with Crippen LogP contribution in [0.25, 0.3) is 0 Å². The molecule has 3 rings (SSSR count). The van der Waals surface area contributed by atoms with Gasteiger partial charge in [-0.05, 0) is 60.5 Å². The van der Waals surface area contributed by atoms with Gasteiger partial charge in [-0.15, -0.1) is 10.2 Å². The Balaban J connectivity index is 1.63. The van der Waals surface area contributed by atoms with E-state index in [9.17, 15) is 4.79 Å². The molecular formula is C20H20N4O2. The minimum absolute atomic E-state index is 0.254. The van der Waals surface area contributed by atoms with Crippen LogP contribution in [-0.2, 0) is 6.42 Å². The summed E-state index contributed by atoms with van der Waals surface area (Å²) < 4.78 is 5.12. The number of aryl methyl sites for hydroxylation is 1. The Morgan fingerprint density at radius 2 is 1.62 bits per heavy atom. The molecule has 0 aliphatic heterocycles. The molecule has 0 aliphatic carbocycles. The lowest BCUT2D eigenvalue weighted by Crippen LogP contribution is -2.14. The molecule has 0 saturated carbocycles. The zero-order valence-corrected chi connectivity index (χ0v) is 14.7. The maximum absolute atomic E-state index is 12.3. The largest absolute Gasteiger partial charge is 0.497 e. The predicted octanol–water partition coefficient (Wildman–Crippen LogP) is 4.04. The highest BCUT2D eigenvalue weighted by Crippen LogP contribution is 2.18. The maximum atomic E-state index is 12.3. The van der Waals surface area contributed by atoms with Crippen molar-refractivity contribution in [3.63, 3.8) is 0 Å². The Kier molecular flexibility index (Phi) is 5.43. The Hall–Kier alpha value is -3.41. The molecule has 0 radical (unpaired) electrons. The first kappa shape index (κ1) is 17.4. The number of nitrogens with one attached hydrogen (secondary N) is 2. The molecule has 6 nitrogen and oxygen atoms in total. The van der Waals surface area contributed by atoms with Crippen LogP contribution in [0.1, 0.15) is 23.0 Å². The van der Waals surface area contributed by atoms with E-state index in [4.69, 9.17) is 4.74 Å². The predicted molar refractivity (Wildman–Crippen MR) is 102 cm³/mol. The van der Waals surface area contributed by atoms with E-state index in [2.05, 4.69) is 27.8 Å². The highest BCUT2D eigenvalue weighted by molar-refractivity contribution is 6.02. The van der Waals surface area contributed by atoms with Crippen molar-refractivity contribution in [2.75, 3.05) is 17.7 Å². The Bertz CT molecular complexity index is 860. The van der Waals surface area contributed by atoms with Crippen LogP contribution >= 0.6 is 0 Å². The molecular weight excluding hydrogens is 328 g/mol. The second-order valence-corrected chi connectivity index (χ2v) is 5.66. The number of benzene rings is 2. The lowest BCUT2D eigenvalue weighted by Gasteiger charge is -2.07. The van der Waals surface area contributed by atoms with Crippen LogP contribution in [0.15, 0.2) is 60.7 Å². The van der Waals surface area contributed by atoms with Gasteiger partial charge in [-0.1, -0.05) is 19.1 Å². The summed E-state index contributed by atoms with van der Waals surface area (Å²) in [6.07, 6.45) is 0.961. The van der Waals surface area contributed by atoms with Crippen molar-refractivity contribution in [2.45, 2.75) is 13.3 Å². The van der Waals surface area contributed by atoms with Crippen LogP contribution in [0.5, 0.6) is 5.75 Å². The summed E-state index contributed by atoms with van der Waals surface area (Å²) in [7, 11) is 1.62. The third-order valence-corrected chi connectivity index (χ3v) is 3.88. The van der Waals surface area contributed by atoms with E-state index in [1.54, 1.807) is 19.2 Å². The number of hydrogen-bond acceptors (Lipinski definition) is 5. The average molecular weight is 348 g/mol. The fraction of sp³-hybridized carbons (Fsp3) is 0.150. The quantitative estimate of drug-likeness (QED) is 0.703. The first-order valence-corrected chi connectivity index (χ1v) is 8.33. The number of nitrogens with zero attached hydrogens (tertiary/aromatic N) is 2. The van der Waals surface area contributed by atoms with Gasteiger partial charge in [0.2, 0.25) is 0 Å². The SMILES string of the molecule is CCc1ccc(NC(=O)c2ccc(Nc3ccc(OC)cc3)nn2)cc1. The average Bonchev–Trinajstić information content (AvgIpc) is 2.69. The van der Waals surface area contributed by atoms with Gasteiger partial charge in [0.05, 0.1) is 7.11 Å². The molecule has 26 heavy (non-hydrogen) atoms. The fourth-order valence-electron chi connectivity index (χ4n) is 2.36. The van der Waals surface area contributed by atoms with E-state index in [-0.39, 0.29) is 11.6 Å². The third kappa shape index (κ3) is 4.36. The van der Waals surface area contributed by atoms with Crippen LogP contribution in [0, 0.1) is 0 Å². The number of ether oxygens (including phenoxy) is 1. The van der Waals surface area contributed by atoms with E-state index in [0.717, 1.165) is 23.5 Å². The molecule has 0 spiro atoms. The summed E-state index contributed by atoms with van der Waals surface area (Å²) in [6.45, 7) is 2.09. The first-order chi connectivity index (χ1) is 12.7. The van der Waals surface area contributed by atoms with Gasteiger partial charge in [0.25, 0.3) is 5.91 Å². The molecule has 3 aromatic rings. The normalized spacial score (nSPS) is 10.2. The van der Waals surface area contributed by atoms with Gasteiger partial charge in [0.1, 0.15) is 5.75 Å². The lowest BCUT2D eigenvalue weighted by molar-refractivity contribution is 0.102. The van der Waals surface area contributed by atoms with E-state index >= 15 is 0 Å². The zero-order valence-electron chi connectivity index (χ0n) is 14.7. The van der Waals surface area contributed by atoms with Crippen LogP contribution in [0.2, 0.25) is 0 Å². The Morgan fingerprint density at radius 3 is 2.19 bits per heavy atom. The van der Waals surface area contributed by atoms with Crippen molar-refractivity contribution < 1.29 is 9.53 Å². The van der Waals surface area contributed by atoms with E-state index in [0.29, 0.717) is 5.82 Å². The smallest absolute Gasteiger partial charge is 0.276 e.